The normalized spacial score (nSPS) is 27.9. The van der Waals surface area contributed by atoms with Crippen LogP contribution in [-0.2, 0) is 14.6 Å². The van der Waals surface area contributed by atoms with Gasteiger partial charge in [-0.15, -0.1) is 0 Å². The average Bonchev–Trinajstić information content (AvgIpc) is 2.82. The third-order valence-corrected chi connectivity index (χ3v) is 5.67. The van der Waals surface area contributed by atoms with Crippen LogP contribution in [0, 0.1) is 5.41 Å². The second kappa shape index (κ2) is 5.10. The molecule has 2 rings (SSSR count). The monoisotopic (exact) mass is 275 g/mol. The summed E-state index contributed by atoms with van der Waals surface area (Å²) in [7, 11) is -2.87. The highest BCUT2D eigenvalue weighted by Crippen LogP contribution is 2.47. The van der Waals surface area contributed by atoms with Crippen LogP contribution in [-0.4, -0.2) is 57.2 Å². The van der Waals surface area contributed by atoms with Crippen molar-refractivity contribution < 1.29 is 13.2 Å². The first-order valence-electron chi connectivity index (χ1n) is 6.84. The lowest BCUT2D eigenvalue weighted by molar-refractivity contribution is 0.0335. The van der Waals surface area contributed by atoms with Crippen molar-refractivity contribution in [2.24, 2.45) is 5.41 Å². The maximum atomic E-state index is 11.5. The highest BCUT2D eigenvalue weighted by molar-refractivity contribution is 7.91. The van der Waals surface area contributed by atoms with E-state index < -0.39 is 9.84 Å². The molecule has 0 unspecified atom stereocenters. The molecule has 0 radical (unpaired) electrons. The zero-order valence-electron chi connectivity index (χ0n) is 11.7. The van der Waals surface area contributed by atoms with Gasteiger partial charge in [-0.25, -0.2) is 8.42 Å². The molecule has 1 aliphatic heterocycles. The number of hydrogen-bond donors (Lipinski definition) is 0. The maximum Gasteiger partial charge on any atom is 0.151 e. The molecule has 2 fully saturated rings. The molecule has 2 aliphatic rings. The number of hydrogen-bond acceptors (Lipinski definition) is 4. The summed E-state index contributed by atoms with van der Waals surface area (Å²) in [5.41, 5.74) is 0.316. The number of likely N-dealkylation sites (tertiary alicyclic amines) is 1. The Morgan fingerprint density at radius 1 is 1.39 bits per heavy atom. The van der Waals surface area contributed by atoms with Crippen LogP contribution >= 0.6 is 0 Å². The van der Waals surface area contributed by atoms with Crippen LogP contribution in [0.5, 0.6) is 0 Å². The van der Waals surface area contributed by atoms with Crippen LogP contribution in [0.25, 0.3) is 0 Å². The van der Waals surface area contributed by atoms with E-state index in [4.69, 9.17) is 4.74 Å². The number of sulfone groups is 1. The van der Waals surface area contributed by atoms with Crippen LogP contribution < -0.4 is 0 Å². The molecule has 0 aromatic rings. The van der Waals surface area contributed by atoms with E-state index in [0.29, 0.717) is 12.0 Å². The minimum atomic E-state index is -2.87. The Morgan fingerprint density at radius 3 is 2.50 bits per heavy atom. The van der Waals surface area contributed by atoms with Gasteiger partial charge in [0.15, 0.2) is 9.84 Å². The third-order valence-electron chi connectivity index (χ3n) is 4.07. The molecule has 0 spiro atoms. The lowest BCUT2D eigenvalue weighted by Crippen LogP contribution is -2.33. The molecule has 106 valence electrons. The summed E-state index contributed by atoms with van der Waals surface area (Å²) in [4.78, 5) is 2.31. The molecule has 0 N–H and O–H groups in total. The van der Waals surface area contributed by atoms with E-state index in [0.717, 1.165) is 26.1 Å². The minimum Gasteiger partial charge on any atom is -0.378 e. The van der Waals surface area contributed by atoms with Crippen molar-refractivity contribution in [3.63, 3.8) is 0 Å². The van der Waals surface area contributed by atoms with Gasteiger partial charge in [0.05, 0.1) is 18.0 Å². The summed E-state index contributed by atoms with van der Waals surface area (Å²) in [5, 5.41) is -0.153. The van der Waals surface area contributed by atoms with Crippen LogP contribution in [0.3, 0.4) is 0 Å². The van der Waals surface area contributed by atoms with E-state index in [9.17, 15) is 8.42 Å². The predicted octanol–water partition coefficient (Wildman–Crippen LogP) is 1.31. The van der Waals surface area contributed by atoms with E-state index in [2.05, 4.69) is 18.7 Å². The standard InChI is InChI=1S/C13H25NO3S/c1-11(2)17-10-13(5-6-13)9-14-7-4-12(8-14)18(3,15)16/h11-12H,4-10H2,1-3H3/t12-/m0/s1. The fourth-order valence-electron chi connectivity index (χ4n) is 2.63. The summed E-state index contributed by atoms with van der Waals surface area (Å²) in [5.74, 6) is 0. The number of ether oxygens (including phenoxy) is 1. The van der Waals surface area contributed by atoms with Crippen molar-refractivity contribution >= 4 is 9.84 Å². The summed E-state index contributed by atoms with van der Waals surface area (Å²) in [6.07, 6.45) is 4.87. The Labute approximate surface area is 111 Å². The van der Waals surface area contributed by atoms with Crippen LogP contribution in [0.2, 0.25) is 0 Å². The Hall–Kier alpha value is -0.130. The second-order valence-corrected chi connectivity index (χ2v) is 8.66. The summed E-state index contributed by atoms with van der Waals surface area (Å²) < 4.78 is 28.8. The van der Waals surface area contributed by atoms with Crippen molar-refractivity contribution in [2.45, 2.75) is 44.5 Å². The van der Waals surface area contributed by atoms with Gasteiger partial charge in [-0.3, -0.25) is 0 Å². The Balaban J connectivity index is 1.81. The fourth-order valence-corrected chi connectivity index (χ4v) is 3.65. The van der Waals surface area contributed by atoms with Gasteiger partial charge in [0.1, 0.15) is 0 Å². The Kier molecular flexibility index (Phi) is 4.04. The van der Waals surface area contributed by atoms with E-state index in [1.807, 2.05) is 0 Å². The Bertz CT molecular complexity index is 387. The van der Waals surface area contributed by atoms with Crippen molar-refractivity contribution in [1.82, 2.24) is 4.90 Å². The van der Waals surface area contributed by atoms with Crippen LogP contribution in [0.4, 0.5) is 0 Å². The number of rotatable bonds is 6. The van der Waals surface area contributed by atoms with Gasteiger partial charge in [-0.2, -0.15) is 0 Å². The molecule has 18 heavy (non-hydrogen) atoms. The van der Waals surface area contributed by atoms with Gasteiger partial charge in [-0.1, -0.05) is 0 Å². The van der Waals surface area contributed by atoms with Crippen LogP contribution in [0.1, 0.15) is 33.1 Å². The van der Waals surface area contributed by atoms with E-state index in [1.54, 1.807) is 0 Å². The molecular formula is C13H25NO3S. The summed E-state index contributed by atoms with van der Waals surface area (Å²) in [6.45, 7) is 7.58. The molecule has 1 saturated carbocycles. The third kappa shape index (κ3) is 3.68. The highest BCUT2D eigenvalue weighted by Gasteiger charge is 2.45. The van der Waals surface area contributed by atoms with Crippen molar-refractivity contribution in [2.75, 3.05) is 32.5 Å². The molecule has 1 atom stereocenters. The molecule has 5 heteroatoms. The van der Waals surface area contributed by atoms with Gasteiger partial charge in [0.25, 0.3) is 0 Å². The summed E-state index contributed by atoms with van der Waals surface area (Å²) in [6, 6.07) is 0. The van der Waals surface area contributed by atoms with Crippen LogP contribution in [0.15, 0.2) is 0 Å². The van der Waals surface area contributed by atoms with Gasteiger partial charge in [-0.05, 0) is 39.7 Å². The minimum absolute atomic E-state index is 0.153. The zero-order chi connectivity index (χ0) is 13.4. The average molecular weight is 275 g/mol. The topological polar surface area (TPSA) is 46.6 Å². The van der Waals surface area contributed by atoms with E-state index >= 15 is 0 Å². The molecule has 0 aromatic carbocycles. The lowest BCUT2D eigenvalue weighted by atomic mass is 10.1. The maximum absolute atomic E-state index is 11.5. The van der Waals surface area contributed by atoms with E-state index in [-0.39, 0.29) is 11.4 Å². The number of nitrogens with zero attached hydrogens (tertiary/aromatic N) is 1. The molecule has 0 amide bonds. The van der Waals surface area contributed by atoms with Gasteiger partial charge in [0.2, 0.25) is 0 Å². The molecular weight excluding hydrogens is 250 g/mol. The highest BCUT2D eigenvalue weighted by atomic mass is 32.2. The second-order valence-electron chi connectivity index (χ2n) is 6.34. The van der Waals surface area contributed by atoms with Gasteiger partial charge in [0, 0.05) is 24.8 Å². The Morgan fingerprint density at radius 2 is 2.06 bits per heavy atom. The fraction of sp³-hybridized carbons (Fsp3) is 1.00. The molecule has 0 aromatic heterocycles. The smallest absolute Gasteiger partial charge is 0.151 e. The van der Waals surface area contributed by atoms with Crippen molar-refractivity contribution in [1.29, 1.82) is 0 Å². The van der Waals surface area contributed by atoms with Crippen molar-refractivity contribution in [3.05, 3.63) is 0 Å². The predicted molar refractivity (Wildman–Crippen MR) is 72.4 cm³/mol. The molecule has 1 aliphatic carbocycles. The van der Waals surface area contributed by atoms with E-state index in [1.165, 1.54) is 19.1 Å². The molecule has 4 nitrogen and oxygen atoms in total. The van der Waals surface area contributed by atoms with Gasteiger partial charge < -0.3 is 9.64 Å². The quantitative estimate of drug-likeness (QED) is 0.733. The SMILES string of the molecule is CC(C)OCC1(CN2CC[C@H](S(C)(=O)=O)C2)CC1. The summed E-state index contributed by atoms with van der Waals surface area (Å²) >= 11 is 0. The first-order chi connectivity index (χ1) is 8.31. The van der Waals surface area contributed by atoms with Crippen molar-refractivity contribution in [3.8, 4) is 0 Å². The largest absolute Gasteiger partial charge is 0.378 e. The molecule has 1 heterocycles. The zero-order valence-corrected chi connectivity index (χ0v) is 12.5. The first kappa shape index (κ1) is 14.3. The lowest BCUT2D eigenvalue weighted by Gasteiger charge is -2.24. The molecule has 0 bridgehead atoms. The van der Waals surface area contributed by atoms with Gasteiger partial charge >= 0.3 is 0 Å². The first-order valence-corrected chi connectivity index (χ1v) is 8.79. The molecule has 1 saturated heterocycles.